The molecular formula is C20H15F2N5O. The highest BCUT2D eigenvalue weighted by Crippen LogP contribution is 2.34. The number of nitrogens with one attached hydrogen (secondary N) is 1. The molecule has 3 N–H and O–H groups in total. The topological polar surface area (TPSA) is 86.0 Å². The summed E-state index contributed by atoms with van der Waals surface area (Å²) in [6.07, 6.45) is 1.26. The Balaban J connectivity index is 1.67. The van der Waals surface area contributed by atoms with Crippen molar-refractivity contribution in [1.29, 1.82) is 0 Å². The number of nitrogens with two attached hydrogens (primary N) is 1. The first kappa shape index (κ1) is 17.6. The Bertz CT molecular complexity index is 1180. The van der Waals surface area contributed by atoms with Crippen molar-refractivity contribution in [3.05, 3.63) is 72.2 Å². The van der Waals surface area contributed by atoms with Crippen LogP contribution in [0.25, 0.3) is 10.9 Å². The Kier molecular flexibility index (Phi) is 4.44. The molecule has 6 nitrogen and oxygen atoms in total. The van der Waals surface area contributed by atoms with Crippen LogP contribution in [-0.2, 0) is 0 Å². The number of ether oxygens (including phenoxy) is 1. The van der Waals surface area contributed by atoms with Crippen LogP contribution in [0, 0.1) is 18.6 Å². The number of benzene rings is 2. The predicted molar refractivity (Wildman–Crippen MR) is 103 cm³/mol. The van der Waals surface area contributed by atoms with Gasteiger partial charge >= 0.3 is 0 Å². The third-order valence-electron chi connectivity index (χ3n) is 4.06. The van der Waals surface area contributed by atoms with E-state index in [-0.39, 0.29) is 23.1 Å². The molecule has 0 bridgehead atoms. The zero-order valence-corrected chi connectivity index (χ0v) is 14.8. The molecule has 0 radical (unpaired) electrons. The molecular weight excluding hydrogens is 364 g/mol. The minimum absolute atomic E-state index is 0.121. The Labute approximate surface area is 159 Å². The van der Waals surface area contributed by atoms with Gasteiger partial charge in [-0.25, -0.2) is 18.7 Å². The third kappa shape index (κ3) is 3.39. The number of hydrogen-bond acceptors (Lipinski definition) is 6. The van der Waals surface area contributed by atoms with Crippen LogP contribution >= 0.6 is 0 Å². The molecule has 28 heavy (non-hydrogen) atoms. The quantitative estimate of drug-likeness (QED) is 0.533. The fourth-order valence-electron chi connectivity index (χ4n) is 2.67. The van der Waals surface area contributed by atoms with Gasteiger partial charge in [0.2, 0.25) is 5.88 Å². The molecule has 0 amide bonds. The van der Waals surface area contributed by atoms with Crippen LogP contribution in [0.15, 0.2) is 54.9 Å². The van der Waals surface area contributed by atoms with Crippen LogP contribution in [0.2, 0.25) is 0 Å². The third-order valence-corrected chi connectivity index (χ3v) is 4.06. The number of anilines is 3. The zero-order valence-electron chi connectivity index (χ0n) is 14.8. The summed E-state index contributed by atoms with van der Waals surface area (Å²) in [6.45, 7) is 1.89. The summed E-state index contributed by atoms with van der Waals surface area (Å²) in [6, 6.07) is 12.8. The Morgan fingerprint density at radius 3 is 2.68 bits per heavy atom. The first-order chi connectivity index (χ1) is 13.5. The fraction of sp³-hybridized carbons (Fsp3) is 0.0500. The lowest BCUT2D eigenvalue weighted by molar-refractivity contribution is 0.469. The van der Waals surface area contributed by atoms with E-state index in [1.165, 1.54) is 12.4 Å². The number of fused-ring (bicyclic) bond motifs is 1. The van der Waals surface area contributed by atoms with Crippen LogP contribution in [0.1, 0.15) is 5.69 Å². The molecule has 2 heterocycles. The van der Waals surface area contributed by atoms with Crippen LogP contribution in [-0.4, -0.2) is 15.0 Å². The first-order valence-electron chi connectivity index (χ1n) is 8.38. The molecule has 0 unspecified atom stereocenters. The summed E-state index contributed by atoms with van der Waals surface area (Å²) in [5.41, 5.74) is 8.06. The average Bonchev–Trinajstić information content (AvgIpc) is 2.68. The summed E-state index contributed by atoms with van der Waals surface area (Å²) in [4.78, 5) is 12.6. The van der Waals surface area contributed by atoms with Gasteiger partial charge in [-0.3, -0.25) is 0 Å². The molecule has 0 saturated heterocycles. The minimum Gasteiger partial charge on any atom is -0.435 e. The van der Waals surface area contributed by atoms with Crippen molar-refractivity contribution in [2.45, 2.75) is 6.92 Å². The molecule has 0 spiro atoms. The maximum absolute atomic E-state index is 13.4. The highest BCUT2D eigenvalue weighted by atomic mass is 19.2. The monoisotopic (exact) mass is 379 g/mol. The number of hydrogen-bond donors (Lipinski definition) is 2. The lowest BCUT2D eigenvalue weighted by Crippen LogP contribution is -2.04. The van der Waals surface area contributed by atoms with Crippen molar-refractivity contribution >= 4 is 28.1 Å². The zero-order chi connectivity index (χ0) is 19.7. The first-order valence-corrected chi connectivity index (χ1v) is 8.38. The van der Waals surface area contributed by atoms with Gasteiger partial charge in [0, 0.05) is 22.8 Å². The number of rotatable bonds is 4. The van der Waals surface area contributed by atoms with Crippen molar-refractivity contribution in [3.8, 4) is 11.6 Å². The van der Waals surface area contributed by atoms with Crippen LogP contribution in [0.5, 0.6) is 11.6 Å². The molecule has 8 heteroatoms. The second-order valence-corrected chi connectivity index (χ2v) is 6.08. The van der Waals surface area contributed by atoms with E-state index in [9.17, 15) is 8.78 Å². The maximum Gasteiger partial charge on any atom is 0.248 e. The molecule has 0 atom stereocenters. The fourth-order valence-corrected chi connectivity index (χ4v) is 2.67. The van der Waals surface area contributed by atoms with Crippen molar-refractivity contribution in [1.82, 2.24) is 15.0 Å². The van der Waals surface area contributed by atoms with Crippen LogP contribution in [0.3, 0.4) is 0 Å². The van der Waals surface area contributed by atoms with Crippen molar-refractivity contribution in [3.63, 3.8) is 0 Å². The van der Waals surface area contributed by atoms with Crippen LogP contribution in [0.4, 0.5) is 26.0 Å². The molecule has 0 aliphatic heterocycles. The molecule has 2 aromatic carbocycles. The molecule has 4 aromatic rings. The second kappa shape index (κ2) is 7.07. The maximum atomic E-state index is 13.4. The lowest BCUT2D eigenvalue weighted by Gasteiger charge is -2.13. The summed E-state index contributed by atoms with van der Waals surface area (Å²) >= 11 is 0. The van der Waals surface area contributed by atoms with Gasteiger partial charge in [-0.15, -0.1) is 0 Å². The number of aromatic nitrogens is 3. The highest BCUT2D eigenvalue weighted by Gasteiger charge is 2.13. The largest absolute Gasteiger partial charge is 0.435 e. The predicted octanol–water partition coefficient (Wildman–Crippen LogP) is 4.73. The number of pyridine rings is 1. The standard InChI is InChI=1S/C20H15F2N5O/c1-11-5-6-12-3-2-4-16(18(12)26-11)28-20-17(23)19(24-10-25-20)27-13-7-8-14(21)15(22)9-13/h2-10H,23H2,1H3,(H,24,25,27). The molecule has 2 aromatic heterocycles. The minimum atomic E-state index is -0.980. The second-order valence-electron chi connectivity index (χ2n) is 6.08. The van der Waals surface area contributed by atoms with Gasteiger partial charge in [0.05, 0.1) is 0 Å². The van der Waals surface area contributed by atoms with Gasteiger partial charge in [-0.2, -0.15) is 4.98 Å². The summed E-state index contributed by atoms with van der Waals surface area (Å²) in [5.74, 6) is -1.10. The lowest BCUT2D eigenvalue weighted by atomic mass is 10.2. The van der Waals surface area contributed by atoms with Crippen molar-refractivity contribution < 1.29 is 13.5 Å². The van der Waals surface area contributed by atoms with Crippen LogP contribution < -0.4 is 15.8 Å². The Morgan fingerprint density at radius 1 is 1.00 bits per heavy atom. The van der Waals surface area contributed by atoms with Gasteiger partial charge in [0.1, 0.15) is 17.5 Å². The van der Waals surface area contributed by atoms with E-state index in [0.29, 0.717) is 11.3 Å². The number of aryl methyl sites for hydroxylation is 1. The summed E-state index contributed by atoms with van der Waals surface area (Å²) < 4.78 is 32.4. The molecule has 0 aliphatic carbocycles. The Hall–Kier alpha value is -3.81. The van der Waals surface area contributed by atoms with Gasteiger partial charge < -0.3 is 15.8 Å². The molecule has 4 rings (SSSR count). The highest BCUT2D eigenvalue weighted by molar-refractivity contribution is 5.85. The molecule has 0 aliphatic rings. The van der Waals surface area contributed by atoms with E-state index >= 15 is 0 Å². The molecule has 140 valence electrons. The summed E-state index contributed by atoms with van der Waals surface area (Å²) in [5, 5.41) is 3.75. The van der Waals surface area contributed by atoms with E-state index in [1.807, 2.05) is 31.2 Å². The van der Waals surface area contributed by atoms with E-state index in [0.717, 1.165) is 23.2 Å². The smallest absolute Gasteiger partial charge is 0.248 e. The van der Waals surface area contributed by atoms with E-state index < -0.39 is 11.6 Å². The summed E-state index contributed by atoms with van der Waals surface area (Å²) in [7, 11) is 0. The van der Waals surface area contributed by atoms with Crippen molar-refractivity contribution in [2.75, 3.05) is 11.1 Å². The van der Waals surface area contributed by atoms with Crippen molar-refractivity contribution in [2.24, 2.45) is 0 Å². The van der Waals surface area contributed by atoms with E-state index in [1.54, 1.807) is 6.07 Å². The normalized spacial score (nSPS) is 10.8. The average molecular weight is 379 g/mol. The molecule has 0 fully saturated rings. The van der Waals surface area contributed by atoms with Gasteiger partial charge in [-0.05, 0) is 31.2 Å². The number of nitrogens with zero attached hydrogens (tertiary/aromatic N) is 3. The number of para-hydroxylation sites is 1. The van der Waals surface area contributed by atoms with Gasteiger partial charge in [0.25, 0.3) is 0 Å². The van der Waals surface area contributed by atoms with E-state index in [2.05, 4.69) is 20.3 Å². The molecule has 0 saturated carbocycles. The Morgan fingerprint density at radius 2 is 1.86 bits per heavy atom. The number of halogens is 2. The van der Waals surface area contributed by atoms with E-state index in [4.69, 9.17) is 10.5 Å². The SMILES string of the molecule is Cc1ccc2cccc(Oc3ncnc(Nc4ccc(F)c(F)c4)c3N)c2n1. The van der Waals surface area contributed by atoms with Gasteiger partial charge in [0.15, 0.2) is 23.2 Å². The van der Waals surface area contributed by atoms with Gasteiger partial charge in [-0.1, -0.05) is 18.2 Å². The number of nitrogen functional groups attached to an aromatic ring is 1.